The Bertz CT molecular complexity index is 1520. The van der Waals surface area contributed by atoms with Gasteiger partial charge in [-0.15, -0.1) is 0 Å². The van der Waals surface area contributed by atoms with Crippen LogP contribution in [0.4, 0.5) is 4.39 Å². The SMILES string of the molecule is Cn1cc(-c2ccc(-c3ccc(C4=NC5(CC5)C(=O)N4CC4CCN(C(=O)C5(O)CC5)C4)c(F)c3)cc2)cn1. The summed E-state index contributed by atoms with van der Waals surface area (Å²) in [7, 11) is 1.88. The molecule has 2 aromatic carbocycles. The van der Waals surface area contributed by atoms with Crippen molar-refractivity contribution in [1.29, 1.82) is 0 Å². The largest absolute Gasteiger partial charge is 0.380 e. The van der Waals surface area contributed by atoms with Crippen molar-refractivity contribution in [1.82, 2.24) is 19.6 Å². The number of carbonyl (C=O) groups excluding carboxylic acids is 2. The van der Waals surface area contributed by atoms with E-state index in [9.17, 15) is 14.7 Å². The molecule has 7 rings (SSSR count). The quantitative estimate of drug-likeness (QED) is 0.532. The lowest BCUT2D eigenvalue weighted by molar-refractivity contribution is -0.141. The van der Waals surface area contributed by atoms with Gasteiger partial charge in [0.1, 0.15) is 22.8 Å². The van der Waals surface area contributed by atoms with Gasteiger partial charge in [0, 0.05) is 38.4 Å². The lowest BCUT2D eigenvalue weighted by atomic mass is 10.00. The molecule has 3 heterocycles. The molecule has 1 unspecified atom stereocenters. The standard InChI is InChI=1S/C30H30FN5O3/c1-34-18-23(15-32-34)21-4-2-20(3-5-21)22-6-7-24(25(31)14-22)26-33-29(9-10-29)27(37)36(26)17-19-8-13-35(16-19)28(38)30(39)11-12-30/h2-7,14-15,18-19,39H,8-13,16-17H2,1H3. The van der Waals surface area contributed by atoms with E-state index in [1.807, 2.05) is 49.8 Å². The van der Waals surface area contributed by atoms with Crippen LogP contribution in [-0.2, 0) is 16.6 Å². The van der Waals surface area contributed by atoms with Crippen molar-refractivity contribution >= 4 is 17.6 Å². The Morgan fingerprint density at radius 3 is 2.36 bits per heavy atom. The summed E-state index contributed by atoms with van der Waals surface area (Å²) >= 11 is 0. The van der Waals surface area contributed by atoms with Gasteiger partial charge in [-0.25, -0.2) is 4.39 Å². The first kappa shape index (κ1) is 24.2. The van der Waals surface area contributed by atoms with Crippen molar-refractivity contribution in [2.24, 2.45) is 18.0 Å². The summed E-state index contributed by atoms with van der Waals surface area (Å²) < 4.78 is 17.4. The second-order valence-corrected chi connectivity index (χ2v) is 11.5. The molecule has 3 fully saturated rings. The Hall–Kier alpha value is -3.85. The molecule has 1 aromatic heterocycles. The number of benzene rings is 2. The number of aliphatic imine (C=N–C) groups is 1. The molecule has 4 aliphatic rings. The number of carbonyl (C=O) groups is 2. The lowest BCUT2D eigenvalue weighted by Crippen LogP contribution is -2.42. The van der Waals surface area contributed by atoms with Crippen LogP contribution >= 0.6 is 0 Å². The summed E-state index contributed by atoms with van der Waals surface area (Å²) in [5.74, 6) is -0.255. The number of halogens is 1. The molecule has 1 spiro atoms. The highest BCUT2D eigenvalue weighted by Gasteiger charge is 2.58. The summed E-state index contributed by atoms with van der Waals surface area (Å²) in [6.45, 7) is 1.44. The molecule has 2 saturated carbocycles. The average Bonchev–Trinajstić information content (AvgIpc) is 3.74. The van der Waals surface area contributed by atoms with Crippen LogP contribution in [0, 0.1) is 11.7 Å². The van der Waals surface area contributed by atoms with E-state index >= 15 is 4.39 Å². The number of amides is 2. The third-order valence-corrected chi connectivity index (χ3v) is 8.54. The van der Waals surface area contributed by atoms with Crippen LogP contribution < -0.4 is 0 Å². The zero-order valence-electron chi connectivity index (χ0n) is 21.8. The normalized spacial score (nSPS) is 22.5. The molecule has 1 atom stereocenters. The van der Waals surface area contributed by atoms with E-state index in [0.717, 1.165) is 28.7 Å². The van der Waals surface area contributed by atoms with Gasteiger partial charge in [0.15, 0.2) is 0 Å². The number of aliphatic hydroxyl groups is 1. The summed E-state index contributed by atoms with van der Waals surface area (Å²) in [5, 5.41) is 14.4. The number of amidine groups is 1. The van der Waals surface area contributed by atoms with Gasteiger partial charge in [-0.05, 0) is 66.8 Å². The van der Waals surface area contributed by atoms with Crippen LogP contribution in [0.2, 0.25) is 0 Å². The predicted octanol–water partition coefficient (Wildman–Crippen LogP) is 3.39. The van der Waals surface area contributed by atoms with Crippen molar-refractivity contribution in [3.05, 3.63) is 66.2 Å². The molecule has 1 N–H and O–H groups in total. The van der Waals surface area contributed by atoms with E-state index in [0.29, 0.717) is 56.7 Å². The van der Waals surface area contributed by atoms with E-state index in [4.69, 9.17) is 4.99 Å². The number of nitrogens with zero attached hydrogens (tertiary/aromatic N) is 5. The molecular weight excluding hydrogens is 497 g/mol. The van der Waals surface area contributed by atoms with Crippen LogP contribution in [0.5, 0.6) is 0 Å². The third kappa shape index (κ3) is 4.16. The summed E-state index contributed by atoms with van der Waals surface area (Å²) in [6.07, 6.45) is 6.88. The second-order valence-electron chi connectivity index (χ2n) is 11.5. The van der Waals surface area contributed by atoms with Crippen molar-refractivity contribution < 1.29 is 19.1 Å². The fourth-order valence-electron chi connectivity index (χ4n) is 5.83. The monoisotopic (exact) mass is 527 g/mol. The Balaban J connectivity index is 1.11. The van der Waals surface area contributed by atoms with Crippen LogP contribution in [0.15, 0.2) is 59.9 Å². The highest BCUT2D eigenvalue weighted by Crippen LogP contribution is 2.46. The molecule has 3 aromatic rings. The Labute approximate surface area is 225 Å². The highest BCUT2D eigenvalue weighted by atomic mass is 19.1. The van der Waals surface area contributed by atoms with E-state index in [2.05, 4.69) is 5.10 Å². The minimum atomic E-state index is -1.19. The van der Waals surface area contributed by atoms with Gasteiger partial charge in [0.2, 0.25) is 0 Å². The molecule has 200 valence electrons. The maximum Gasteiger partial charge on any atom is 0.256 e. The number of aromatic nitrogens is 2. The first-order chi connectivity index (χ1) is 18.7. The number of aryl methyl sites for hydroxylation is 1. The van der Waals surface area contributed by atoms with Gasteiger partial charge in [-0.1, -0.05) is 30.3 Å². The molecule has 9 heteroatoms. The van der Waals surface area contributed by atoms with E-state index in [-0.39, 0.29) is 17.7 Å². The van der Waals surface area contributed by atoms with E-state index in [1.165, 1.54) is 6.07 Å². The second kappa shape index (κ2) is 8.58. The minimum absolute atomic E-state index is 0.0556. The number of hydrogen-bond donors (Lipinski definition) is 1. The Morgan fingerprint density at radius 2 is 1.74 bits per heavy atom. The zero-order chi connectivity index (χ0) is 26.9. The van der Waals surface area contributed by atoms with E-state index in [1.54, 1.807) is 20.5 Å². The van der Waals surface area contributed by atoms with Crippen molar-refractivity contribution in [2.75, 3.05) is 19.6 Å². The van der Waals surface area contributed by atoms with Crippen LogP contribution in [-0.4, -0.2) is 73.1 Å². The molecule has 0 bridgehead atoms. The minimum Gasteiger partial charge on any atom is -0.380 e. The van der Waals surface area contributed by atoms with Crippen LogP contribution in [0.25, 0.3) is 22.3 Å². The summed E-state index contributed by atoms with van der Waals surface area (Å²) in [6, 6.07) is 13.0. The van der Waals surface area contributed by atoms with Crippen molar-refractivity contribution in [2.45, 2.75) is 43.2 Å². The Morgan fingerprint density at radius 1 is 1.05 bits per heavy atom. The first-order valence-electron chi connectivity index (χ1n) is 13.6. The van der Waals surface area contributed by atoms with E-state index < -0.39 is 17.0 Å². The molecule has 2 aliphatic carbocycles. The van der Waals surface area contributed by atoms with Gasteiger partial charge in [-0.3, -0.25) is 24.2 Å². The molecule has 39 heavy (non-hydrogen) atoms. The summed E-state index contributed by atoms with van der Waals surface area (Å²) in [4.78, 5) is 34.0. The first-order valence-corrected chi connectivity index (χ1v) is 13.6. The van der Waals surface area contributed by atoms with Gasteiger partial charge >= 0.3 is 0 Å². The molecule has 2 aliphatic heterocycles. The van der Waals surface area contributed by atoms with Crippen LogP contribution in [0.1, 0.15) is 37.7 Å². The zero-order valence-corrected chi connectivity index (χ0v) is 21.8. The summed E-state index contributed by atoms with van der Waals surface area (Å²) in [5.41, 5.74) is 2.07. The van der Waals surface area contributed by atoms with Gasteiger partial charge in [0.25, 0.3) is 11.8 Å². The maximum atomic E-state index is 15.6. The fraction of sp³-hybridized carbons (Fsp3) is 0.400. The number of rotatable bonds is 6. The molecule has 0 radical (unpaired) electrons. The number of hydrogen-bond acceptors (Lipinski definition) is 5. The van der Waals surface area contributed by atoms with Crippen molar-refractivity contribution in [3.8, 4) is 22.3 Å². The van der Waals surface area contributed by atoms with Gasteiger partial charge in [-0.2, -0.15) is 5.10 Å². The molecule has 1 saturated heterocycles. The highest BCUT2D eigenvalue weighted by molar-refractivity contribution is 6.16. The topological polar surface area (TPSA) is 91.0 Å². The average molecular weight is 528 g/mol. The maximum absolute atomic E-state index is 15.6. The molecular formula is C30H30FN5O3. The molecule has 2 amide bonds. The Kier molecular flexibility index (Phi) is 5.32. The fourth-order valence-corrected chi connectivity index (χ4v) is 5.83. The number of likely N-dealkylation sites (tertiary alicyclic amines) is 1. The third-order valence-electron chi connectivity index (χ3n) is 8.54. The molecule has 8 nitrogen and oxygen atoms in total. The predicted molar refractivity (Wildman–Crippen MR) is 143 cm³/mol. The smallest absolute Gasteiger partial charge is 0.256 e. The van der Waals surface area contributed by atoms with Gasteiger partial charge in [0.05, 0.1) is 11.8 Å². The van der Waals surface area contributed by atoms with Gasteiger partial charge < -0.3 is 10.0 Å². The van der Waals surface area contributed by atoms with Crippen molar-refractivity contribution in [3.63, 3.8) is 0 Å². The van der Waals surface area contributed by atoms with Crippen LogP contribution in [0.3, 0.4) is 0 Å². The lowest BCUT2D eigenvalue weighted by Gasteiger charge is -2.24.